The number of hydrogen-bond donors (Lipinski definition) is 0. The normalized spacial score (nSPS) is 10.4. The highest BCUT2D eigenvalue weighted by Crippen LogP contribution is 2.21. The van der Waals surface area contributed by atoms with E-state index >= 15 is 0 Å². The highest BCUT2D eigenvalue weighted by atomic mass is 16.5. The Balaban J connectivity index is 2.04. The van der Waals surface area contributed by atoms with Crippen LogP contribution in [0.25, 0.3) is 0 Å². The Bertz CT molecular complexity index is 543. The van der Waals surface area contributed by atoms with Gasteiger partial charge in [-0.1, -0.05) is 0 Å². The molecule has 0 spiro atoms. The molecule has 0 aliphatic carbocycles. The fourth-order valence-electron chi connectivity index (χ4n) is 1.77. The van der Waals surface area contributed by atoms with E-state index in [9.17, 15) is 4.79 Å². The Labute approximate surface area is 111 Å². The zero-order valence-corrected chi connectivity index (χ0v) is 11.0. The number of Topliss-reactive ketones (excluding diaryl/α,β-unsaturated/α-hetero) is 1. The lowest BCUT2D eigenvalue weighted by molar-refractivity contribution is 0.0911. The molecule has 0 amide bonds. The topological polar surface area (TPSA) is 48.7 Å². The van der Waals surface area contributed by atoms with Crippen LogP contribution >= 0.6 is 0 Å². The number of ether oxygens (including phenoxy) is 2. The molecule has 0 fully saturated rings. The van der Waals surface area contributed by atoms with E-state index in [0.29, 0.717) is 24.5 Å². The van der Waals surface area contributed by atoms with Crippen LogP contribution < -0.4 is 4.74 Å². The molecule has 1 aromatic heterocycles. The van der Waals surface area contributed by atoms with E-state index in [1.54, 1.807) is 31.6 Å². The van der Waals surface area contributed by atoms with Crippen molar-refractivity contribution >= 4 is 5.78 Å². The number of rotatable bonds is 6. The summed E-state index contributed by atoms with van der Waals surface area (Å²) in [4.78, 5) is 11.4. The second kappa shape index (κ2) is 6.20. The lowest BCUT2D eigenvalue weighted by Gasteiger charge is -2.10. The number of furan rings is 1. The summed E-state index contributed by atoms with van der Waals surface area (Å²) in [7, 11) is 1.60. The number of hydrogen-bond acceptors (Lipinski definition) is 4. The van der Waals surface area contributed by atoms with E-state index in [4.69, 9.17) is 13.9 Å². The predicted molar refractivity (Wildman–Crippen MR) is 70.2 cm³/mol. The molecule has 100 valence electrons. The van der Waals surface area contributed by atoms with Crippen molar-refractivity contribution in [3.8, 4) is 5.75 Å². The molecule has 0 bridgehead atoms. The average molecular weight is 260 g/mol. The van der Waals surface area contributed by atoms with Gasteiger partial charge in [0, 0.05) is 11.1 Å². The summed E-state index contributed by atoms with van der Waals surface area (Å²) in [5.41, 5.74) is 1.50. The first-order valence-corrected chi connectivity index (χ1v) is 5.98. The van der Waals surface area contributed by atoms with Crippen molar-refractivity contribution in [3.05, 3.63) is 53.5 Å². The molecule has 0 atom stereocenters. The van der Waals surface area contributed by atoms with E-state index in [1.165, 1.54) is 6.92 Å². The minimum Gasteiger partial charge on any atom is -0.496 e. The van der Waals surface area contributed by atoms with Crippen LogP contribution in [-0.4, -0.2) is 12.9 Å². The summed E-state index contributed by atoms with van der Waals surface area (Å²) < 4.78 is 16.0. The van der Waals surface area contributed by atoms with Crippen LogP contribution in [0.3, 0.4) is 0 Å². The SMILES string of the molecule is COc1ccc(C(C)=O)cc1COCc1ccco1. The third-order valence-corrected chi connectivity index (χ3v) is 2.77. The van der Waals surface area contributed by atoms with Gasteiger partial charge in [-0.05, 0) is 37.3 Å². The van der Waals surface area contributed by atoms with Crippen molar-refractivity contribution < 1.29 is 18.7 Å². The number of methoxy groups -OCH3 is 1. The number of carbonyl (C=O) groups excluding carboxylic acids is 1. The summed E-state index contributed by atoms with van der Waals surface area (Å²) in [6.07, 6.45) is 1.61. The minimum absolute atomic E-state index is 0.0231. The largest absolute Gasteiger partial charge is 0.496 e. The van der Waals surface area contributed by atoms with Crippen LogP contribution in [0.2, 0.25) is 0 Å². The predicted octanol–water partition coefficient (Wildman–Crippen LogP) is 3.21. The molecule has 0 saturated carbocycles. The van der Waals surface area contributed by atoms with Crippen molar-refractivity contribution in [1.82, 2.24) is 0 Å². The molecule has 0 N–H and O–H groups in total. The van der Waals surface area contributed by atoms with Crippen LogP contribution in [0, 0.1) is 0 Å². The molecule has 2 rings (SSSR count). The van der Waals surface area contributed by atoms with Gasteiger partial charge >= 0.3 is 0 Å². The highest BCUT2D eigenvalue weighted by Gasteiger charge is 2.08. The third-order valence-electron chi connectivity index (χ3n) is 2.77. The van der Waals surface area contributed by atoms with Crippen molar-refractivity contribution in [3.63, 3.8) is 0 Å². The first kappa shape index (κ1) is 13.4. The monoisotopic (exact) mass is 260 g/mol. The third kappa shape index (κ3) is 3.45. The number of benzene rings is 1. The second-order valence-electron chi connectivity index (χ2n) is 4.15. The van der Waals surface area contributed by atoms with Crippen molar-refractivity contribution in [2.45, 2.75) is 20.1 Å². The molecule has 0 unspecified atom stereocenters. The maximum absolute atomic E-state index is 11.4. The van der Waals surface area contributed by atoms with E-state index in [-0.39, 0.29) is 5.78 Å². The van der Waals surface area contributed by atoms with Gasteiger partial charge in [0.2, 0.25) is 0 Å². The molecule has 0 radical (unpaired) electrons. The molecule has 4 heteroatoms. The van der Waals surface area contributed by atoms with E-state index in [2.05, 4.69) is 0 Å². The Morgan fingerprint density at radius 2 is 2.11 bits per heavy atom. The van der Waals surface area contributed by atoms with Gasteiger partial charge in [-0.15, -0.1) is 0 Å². The average Bonchev–Trinajstić information content (AvgIpc) is 2.91. The summed E-state index contributed by atoms with van der Waals surface area (Å²) in [6, 6.07) is 8.99. The standard InChI is InChI=1S/C15H16O4/c1-11(16)12-5-6-15(17-2)13(8-12)9-18-10-14-4-3-7-19-14/h3-8H,9-10H2,1-2H3. The van der Waals surface area contributed by atoms with Crippen molar-refractivity contribution in [2.24, 2.45) is 0 Å². The van der Waals surface area contributed by atoms with Crippen LogP contribution in [0.1, 0.15) is 28.6 Å². The molecule has 4 nitrogen and oxygen atoms in total. The van der Waals surface area contributed by atoms with Gasteiger partial charge in [0.1, 0.15) is 18.1 Å². The van der Waals surface area contributed by atoms with Gasteiger partial charge in [0.15, 0.2) is 5.78 Å². The summed E-state index contributed by atoms with van der Waals surface area (Å²) in [5.74, 6) is 1.50. The Kier molecular flexibility index (Phi) is 4.36. The Hall–Kier alpha value is -2.07. The highest BCUT2D eigenvalue weighted by molar-refractivity contribution is 5.94. The quantitative estimate of drug-likeness (QED) is 0.748. The molecule has 0 aliphatic rings. The van der Waals surface area contributed by atoms with Gasteiger partial charge in [0.05, 0.1) is 20.0 Å². The van der Waals surface area contributed by atoms with Gasteiger partial charge in [-0.3, -0.25) is 4.79 Å². The van der Waals surface area contributed by atoms with Gasteiger partial charge in [-0.2, -0.15) is 0 Å². The summed E-state index contributed by atoms with van der Waals surface area (Å²) in [6.45, 7) is 2.29. The number of carbonyl (C=O) groups is 1. The molecule has 0 aliphatic heterocycles. The van der Waals surface area contributed by atoms with Crippen LogP contribution in [-0.2, 0) is 18.0 Å². The first-order chi connectivity index (χ1) is 9.20. The molecule has 1 heterocycles. The molecular formula is C15H16O4. The molecule has 1 aromatic carbocycles. The van der Waals surface area contributed by atoms with Crippen LogP contribution in [0.4, 0.5) is 0 Å². The molecular weight excluding hydrogens is 244 g/mol. The molecule has 0 saturated heterocycles. The van der Waals surface area contributed by atoms with Crippen LogP contribution in [0.15, 0.2) is 41.0 Å². The van der Waals surface area contributed by atoms with Crippen molar-refractivity contribution in [1.29, 1.82) is 0 Å². The van der Waals surface area contributed by atoms with Gasteiger partial charge < -0.3 is 13.9 Å². The zero-order chi connectivity index (χ0) is 13.7. The van der Waals surface area contributed by atoms with Crippen LogP contribution in [0.5, 0.6) is 5.75 Å². The molecule has 2 aromatic rings. The molecule has 19 heavy (non-hydrogen) atoms. The number of ketones is 1. The maximum Gasteiger partial charge on any atom is 0.159 e. The smallest absolute Gasteiger partial charge is 0.159 e. The minimum atomic E-state index is 0.0231. The fraction of sp³-hybridized carbons (Fsp3) is 0.267. The van der Waals surface area contributed by atoms with E-state index in [0.717, 1.165) is 11.3 Å². The lowest BCUT2D eigenvalue weighted by atomic mass is 10.1. The zero-order valence-electron chi connectivity index (χ0n) is 11.0. The fourth-order valence-corrected chi connectivity index (χ4v) is 1.77. The second-order valence-corrected chi connectivity index (χ2v) is 4.15. The Morgan fingerprint density at radius 3 is 2.74 bits per heavy atom. The lowest BCUT2D eigenvalue weighted by Crippen LogP contribution is -2.00. The van der Waals surface area contributed by atoms with Crippen molar-refractivity contribution in [2.75, 3.05) is 7.11 Å². The summed E-state index contributed by atoms with van der Waals surface area (Å²) in [5, 5.41) is 0. The van der Waals surface area contributed by atoms with Gasteiger partial charge in [-0.25, -0.2) is 0 Å². The van der Waals surface area contributed by atoms with E-state index in [1.807, 2.05) is 12.1 Å². The Morgan fingerprint density at radius 1 is 1.26 bits per heavy atom. The first-order valence-electron chi connectivity index (χ1n) is 5.98. The van der Waals surface area contributed by atoms with Gasteiger partial charge in [0.25, 0.3) is 0 Å². The maximum atomic E-state index is 11.4. The summed E-state index contributed by atoms with van der Waals surface area (Å²) >= 11 is 0. The van der Waals surface area contributed by atoms with E-state index < -0.39 is 0 Å².